The van der Waals surface area contributed by atoms with Gasteiger partial charge in [-0.05, 0) is 36.4 Å². The third-order valence-corrected chi connectivity index (χ3v) is 3.96. The lowest BCUT2D eigenvalue weighted by atomic mass is 10.1. The Hall–Kier alpha value is -2.13. The monoisotopic (exact) mass is 322 g/mol. The SMILES string of the molecule is Brc1cccc(-c2nc3ccccc3n3cccc23)c1. The lowest BCUT2D eigenvalue weighted by molar-refractivity contribution is 1.23. The summed E-state index contributed by atoms with van der Waals surface area (Å²) in [5.74, 6) is 0. The Bertz CT molecular complexity index is 924. The Balaban J connectivity index is 2.14. The average Bonchev–Trinajstić information content (AvgIpc) is 2.96. The molecule has 0 aliphatic carbocycles. The van der Waals surface area contributed by atoms with Crippen LogP contribution in [0.5, 0.6) is 0 Å². The summed E-state index contributed by atoms with van der Waals surface area (Å²) >= 11 is 3.53. The first kappa shape index (κ1) is 11.7. The van der Waals surface area contributed by atoms with E-state index in [1.54, 1.807) is 0 Å². The maximum atomic E-state index is 4.85. The Morgan fingerprint density at radius 2 is 1.70 bits per heavy atom. The molecule has 0 fully saturated rings. The highest BCUT2D eigenvalue weighted by Crippen LogP contribution is 2.28. The number of hydrogen-bond acceptors (Lipinski definition) is 1. The van der Waals surface area contributed by atoms with Crippen LogP contribution in [0.25, 0.3) is 27.8 Å². The molecule has 0 saturated heterocycles. The van der Waals surface area contributed by atoms with E-state index < -0.39 is 0 Å². The zero-order valence-corrected chi connectivity index (χ0v) is 12.2. The number of benzene rings is 2. The largest absolute Gasteiger partial charge is 0.313 e. The summed E-state index contributed by atoms with van der Waals surface area (Å²) in [6.45, 7) is 0. The van der Waals surface area contributed by atoms with Crippen LogP contribution in [0.3, 0.4) is 0 Å². The molecular weight excluding hydrogens is 312 g/mol. The van der Waals surface area contributed by atoms with E-state index >= 15 is 0 Å². The molecular formula is C17H11BrN2. The average molecular weight is 323 g/mol. The normalized spacial score (nSPS) is 11.2. The van der Waals surface area contributed by atoms with Crippen molar-refractivity contribution in [1.82, 2.24) is 9.38 Å². The number of halogens is 1. The van der Waals surface area contributed by atoms with E-state index in [1.807, 2.05) is 24.3 Å². The lowest BCUT2D eigenvalue weighted by Gasteiger charge is -2.08. The lowest BCUT2D eigenvalue weighted by Crippen LogP contribution is -1.94. The van der Waals surface area contributed by atoms with Gasteiger partial charge in [0.25, 0.3) is 0 Å². The Morgan fingerprint density at radius 3 is 2.60 bits per heavy atom. The first-order chi connectivity index (χ1) is 9.83. The summed E-state index contributed by atoms with van der Waals surface area (Å²) in [6, 6.07) is 20.6. The Labute approximate surface area is 124 Å². The van der Waals surface area contributed by atoms with Crippen molar-refractivity contribution in [3.8, 4) is 11.3 Å². The van der Waals surface area contributed by atoms with Crippen molar-refractivity contribution in [2.75, 3.05) is 0 Å². The number of fused-ring (bicyclic) bond motifs is 3. The molecule has 2 nitrogen and oxygen atoms in total. The topological polar surface area (TPSA) is 17.3 Å². The molecule has 0 saturated carbocycles. The molecule has 0 atom stereocenters. The Morgan fingerprint density at radius 1 is 0.850 bits per heavy atom. The molecule has 96 valence electrons. The van der Waals surface area contributed by atoms with Crippen LogP contribution in [0.1, 0.15) is 0 Å². The zero-order valence-electron chi connectivity index (χ0n) is 10.6. The first-order valence-corrected chi connectivity index (χ1v) is 7.24. The number of rotatable bonds is 1. The predicted molar refractivity (Wildman–Crippen MR) is 85.8 cm³/mol. The van der Waals surface area contributed by atoms with Crippen LogP contribution in [0.15, 0.2) is 71.3 Å². The zero-order chi connectivity index (χ0) is 13.5. The van der Waals surface area contributed by atoms with E-state index in [1.165, 1.54) is 0 Å². The highest BCUT2D eigenvalue weighted by atomic mass is 79.9. The van der Waals surface area contributed by atoms with Crippen LogP contribution >= 0.6 is 15.9 Å². The molecule has 0 bridgehead atoms. The molecule has 0 unspecified atom stereocenters. The van der Waals surface area contributed by atoms with Gasteiger partial charge < -0.3 is 4.40 Å². The van der Waals surface area contributed by atoms with Gasteiger partial charge in [-0.1, -0.05) is 40.2 Å². The van der Waals surface area contributed by atoms with Crippen molar-refractivity contribution in [3.63, 3.8) is 0 Å². The van der Waals surface area contributed by atoms with E-state index in [0.717, 1.165) is 32.3 Å². The van der Waals surface area contributed by atoms with Gasteiger partial charge in [0.15, 0.2) is 0 Å². The summed E-state index contributed by atoms with van der Waals surface area (Å²) < 4.78 is 3.26. The highest BCUT2D eigenvalue weighted by molar-refractivity contribution is 9.10. The van der Waals surface area contributed by atoms with Gasteiger partial charge in [-0.25, -0.2) is 4.98 Å². The fraction of sp³-hybridized carbons (Fsp3) is 0. The van der Waals surface area contributed by atoms with Crippen molar-refractivity contribution >= 4 is 32.5 Å². The van der Waals surface area contributed by atoms with E-state index in [-0.39, 0.29) is 0 Å². The van der Waals surface area contributed by atoms with Crippen molar-refractivity contribution in [2.45, 2.75) is 0 Å². The predicted octanol–water partition coefficient (Wildman–Crippen LogP) is 4.92. The first-order valence-electron chi connectivity index (χ1n) is 6.45. The van der Waals surface area contributed by atoms with Crippen LogP contribution in [0, 0.1) is 0 Å². The molecule has 0 aliphatic heterocycles. The summed E-state index contributed by atoms with van der Waals surface area (Å²) in [5, 5.41) is 0. The number of hydrogen-bond donors (Lipinski definition) is 0. The van der Waals surface area contributed by atoms with Crippen LogP contribution in [-0.4, -0.2) is 9.38 Å². The van der Waals surface area contributed by atoms with Gasteiger partial charge in [0, 0.05) is 16.2 Å². The number of aromatic nitrogens is 2. The second-order valence-corrected chi connectivity index (χ2v) is 5.64. The molecule has 4 rings (SSSR count). The molecule has 0 N–H and O–H groups in total. The number of nitrogens with zero attached hydrogens (tertiary/aromatic N) is 2. The molecule has 3 heteroatoms. The second kappa shape index (κ2) is 4.46. The van der Waals surface area contributed by atoms with Crippen molar-refractivity contribution in [1.29, 1.82) is 0 Å². The van der Waals surface area contributed by atoms with Gasteiger partial charge >= 0.3 is 0 Å². The summed E-state index contributed by atoms with van der Waals surface area (Å²) in [7, 11) is 0. The molecule has 2 heterocycles. The van der Waals surface area contributed by atoms with Gasteiger partial charge in [0.05, 0.1) is 22.2 Å². The van der Waals surface area contributed by atoms with Crippen LogP contribution in [0.2, 0.25) is 0 Å². The highest BCUT2D eigenvalue weighted by Gasteiger charge is 2.09. The summed E-state index contributed by atoms with van der Waals surface area (Å²) in [4.78, 5) is 4.85. The van der Waals surface area contributed by atoms with E-state index in [2.05, 4.69) is 62.9 Å². The molecule has 2 aromatic carbocycles. The van der Waals surface area contributed by atoms with Crippen LogP contribution in [0.4, 0.5) is 0 Å². The molecule has 2 aromatic heterocycles. The third-order valence-electron chi connectivity index (χ3n) is 3.46. The minimum absolute atomic E-state index is 1.01. The summed E-state index contributed by atoms with van der Waals surface area (Å²) in [5.41, 5.74) is 5.39. The molecule has 0 amide bonds. The van der Waals surface area contributed by atoms with Gasteiger partial charge in [-0.15, -0.1) is 0 Å². The minimum atomic E-state index is 1.01. The van der Waals surface area contributed by atoms with E-state index in [0.29, 0.717) is 0 Å². The van der Waals surface area contributed by atoms with Gasteiger partial charge in [0.2, 0.25) is 0 Å². The maximum Gasteiger partial charge on any atom is 0.0950 e. The van der Waals surface area contributed by atoms with E-state index in [4.69, 9.17) is 4.98 Å². The van der Waals surface area contributed by atoms with Gasteiger partial charge in [-0.3, -0.25) is 0 Å². The Kier molecular flexibility index (Phi) is 2.60. The molecule has 20 heavy (non-hydrogen) atoms. The van der Waals surface area contributed by atoms with E-state index in [9.17, 15) is 0 Å². The molecule has 4 aromatic rings. The van der Waals surface area contributed by atoms with Crippen LogP contribution < -0.4 is 0 Å². The smallest absolute Gasteiger partial charge is 0.0950 e. The van der Waals surface area contributed by atoms with Gasteiger partial charge in [0.1, 0.15) is 0 Å². The van der Waals surface area contributed by atoms with Crippen molar-refractivity contribution in [2.24, 2.45) is 0 Å². The van der Waals surface area contributed by atoms with Crippen molar-refractivity contribution < 1.29 is 0 Å². The molecule has 0 radical (unpaired) electrons. The quantitative estimate of drug-likeness (QED) is 0.486. The fourth-order valence-corrected chi connectivity index (χ4v) is 2.97. The summed E-state index contributed by atoms with van der Waals surface area (Å²) in [6.07, 6.45) is 2.08. The molecule has 0 spiro atoms. The second-order valence-electron chi connectivity index (χ2n) is 4.72. The fourth-order valence-electron chi connectivity index (χ4n) is 2.57. The van der Waals surface area contributed by atoms with Crippen LogP contribution in [-0.2, 0) is 0 Å². The number of para-hydroxylation sites is 2. The standard InChI is InChI=1S/C17H11BrN2/c18-13-6-3-5-12(11-13)17-16-9-4-10-20(16)15-8-2-1-7-14(15)19-17/h1-11H. The maximum absolute atomic E-state index is 4.85. The third kappa shape index (κ3) is 1.74. The molecule has 0 aliphatic rings. The van der Waals surface area contributed by atoms with Crippen molar-refractivity contribution in [3.05, 3.63) is 71.3 Å². The minimum Gasteiger partial charge on any atom is -0.313 e. The van der Waals surface area contributed by atoms with Gasteiger partial charge in [-0.2, -0.15) is 0 Å².